The van der Waals surface area contributed by atoms with Crippen LogP contribution in [0.2, 0.25) is 0 Å². The first-order valence-corrected chi connectivity index (χ1v) is 9.22. The van der Waals surface area contributed by atoms with Gasteiger partial charge >= 0.3 is 0 Å². The molecule has 1 N–H and O–H groups in total. The Morgan fingerprint density at radius 3 is 2.61 bits per heavy atom. The lowest BCUT2D eigenvalue weighted by molar-refractivity contribution is -0.143. The molecule has 0 radical (unpaired) electrons. The molecule has 2 atom stereocenters. The Morgan fingerprint density at radius 2 is 2.00 bits per heavy atom. The zero-order valence-corrected chi connectivity index (χ0v) is 13.9. The molecule has 126 valence electrons. The Kier molecular flexibility index (Phi) is 4.39. The minimum Gasteiger partial charge on any atom is -0.382 e. The predicted octanol–water partition coefficient (Wildman–Crippen LogP) is 2.57. The highest BCUT2D eigenvalue weighted by Gasteiger charge is 2.42. The van der Waals surface area contributed by atoms with Crippen LogP contribution in [0.3, 0.4) is 0 Å². The summed E-state index contributed by atoms with van der Waals surface area (Å²) < 4.78 is 6.33. The molecule has 5 rings (SSSR count). The molecule has 0 amide bonds. The quantitative estimate of drug-likeness (QED) is 0.907. The fourth-order valence-electron chi connectivity index (χ4n) is 4.79. The van der Waals surface area contributed by atoms with E-state index >= 15 is 0 Å². The maximum Gasteiger partial charge on any atom is 0.117 e. The van der Waals surface area contributed by atoms with E-state index in [0.717, 1.165) is 24.9 Å². The van der Waals surface area contributed by atoms with Crippen molar-refractivity contribution in [2.24, 2.45) is 11.8 Å². The Morgan fingerprint density at radius 1 is 1.22 bits per heavy atom. The number of pyridine rings is 1. The molecule has 2 bridgehead atoms. The molecule has 4 heterocycles. The highest BCUT2D eigenvalue weighted by atomic mass is 16.5. The number of rotatable bonds is 5. The van der Waals surface area contributed by atoms with Crippen molar-refractivity contribution in [1.29, 1.82) is 0 Å². The summed E-state index contributed by atoms with van der Waals surface area (Å²) in [4.78, 5) is 6.73. The van der Waals surface area contributed by atoms with Crippen LogP contribution in [0.1, 0.15) is 44.1 Å². The van der Waals surface area contributed by atoms with Crippen LogP contribution in [-0.2, 0) is 10.3 Å². The molecule has 4 nitrogen and oxygen atoms in total. The molecule has 4 aliphatic rings. The summed E-state index contributed by atoms with van der Waals surface area (Å²) in [6.07, 6.45) is 11.0. The standard InChI is InChI=1S/C19H28N2O2/c22-19(16-4-1-2-5-16,17-6-3-9-20-12-17)14-23-18-13-21-10-7-15(18)8-11-21/h3,6,9,12,15-16,18,22H,1-2,4-5,7-8,10-11,13-14H2/t18?,19-/m0/s1. The van der Waals surface area contributed by atoms with Gasteiger partial charge in [0.25, 0.3) is 0 Å². The minimum absolute atomic E-state index is 0.294. The van der Waals surface area contributed by atoms with Gasteiger partial charge in [0.15, 0.2) is 0 Å². The Bertz CT molecular complexity index is 509. The SMILES string of the molecule is O[C@](COC1CN2CCC1CC2)(c1cccnc1)C1CCCC1. The van der Waals surface area contributed by atoms with E-state index in [-0.39, 0.29) is 0 Å². The molecular weight excluding hydrogens is 288 g/mol. The fraction of sp³-hybridized carbons (Fsp3) is 0.737. The molecule has 1 saturated carbocycles. The van der Waals surface area contributed by atoms with Gasteiger partial charge < -0.3 is 14.7 Å². The van der Waals surface area contributed by atoms with Crippen LogP contribution < -0.4 is 0 Å². The van der Waals surface area contributed by atoms with Crippen molar-refractivity contribution in [3.63, 3.8) is 0 Å². The average molecular weight is 316 g/mol. The van der Waals surface area contributed by atoms with Crippen molar-refractivity contribution in [2.75, 3.05) is 26.2 Å². The third-order valence-electron chi connectivity index (χ3n) is 6.31. The van der Waals surface area contributed by atoms with E-state index in [2.05, 4.69) is 9.88 Å². The molecule has 0 spiro atoms. The monoisotopic (exact) mass is 316 g/mol. The van der Waals surface area contributed by atoms with Crippen LogP contribution >= 0.6 is 0 Å². The number of nitrogens with zero attached hydrogens (tertiary/aromatic N) is 2. The zero-order valence-electron chi connectivity index (χ0n) is 13.9. The molecule has 3 aliphatic heterocycles. The lowest BCUT2D eigenvalue weighted by Crippen LogP contribution is -2.53. The highest BCUT2D eigenvalue weighted by molar-refractivity contribution is 5.20. The van der Waals surface area contributed by atoms with E-state index < -0.39 is 5.60 Å². The van der Waals surface area contributed by atoms with Gasteiger partial charge in [0.1, 0.15) is 5.60 Å². The number of fused-ring (bicyclic) bond motifs is 3. The van der Waals surface area contributed by atoms with Gasteiger partial charge in [-0.1, -0.05) is 18.9 Å². The molecular formula is C19H28N2O2. The largest absolute Gasteiger partial charge is 0.382 e. The molecule has 4 fully saturated rings. The lowest BCUT2D eigenvalue weighted by Gasteiger charge is -2.45. The highest BCUT2D eigenvalue weighted by Crippen LogP contribution is 2.41. The summed E-state index contributed by atoms with van der Waals surface area (Å²) in [5.74, 6) is 0.981. The van der Waals surface area contributed by atoms with E-state index in [0.29, 0.717) is 24.5 Å². The molecule has 1 aliphatic carbocycles. The number of ether oxygens (including phenoxy) is 1. The fourth-order valence-corrected chi connectivity index (χ4v) is 4.79. The first-order chi connectivity index (χ1) is 11.3. The van der Waals surface area contributed by atoms with E-state index in [1.165, 1.54) is 38.8 Å². The lowest BCUT2D eigenvalue weighted by atomic mass is 9.81. The number of piperidine rings is 3. The molecule has 0 aromatic carbocycles. The smallest absolute Gasteiger partial charge is 0.117 e. The normalized spacial score (nSPS) is 33.7. The maximum atomic E-state index is 11.5. The molecule has 1 aromatic rings. The Labute approximate surface area is 138 Å². The summed E-state index contributed by atoms with van der Waals surface area (Å²) in [5.41, 5.74) is 0.0460. The molecule has 3 saturated heterocycles. The van der Waals surface area contributed by atoms with Crippen LogP contribution in [0.15, 0.2) is 24.5 Å². The summed E-state index contributed by atoms with van der Waals surface area (Å²) >= 11 is 0. The summed E-state index contributed by atoms with van der Waals surface area (Å²) in [7, 11) is 0. The first kappa shape index (κ1) is 15.6. The van der Waals surface area contributed by atoms with Crippen LogP contribution in [0.25, 0.3) is 0 Å². The van der Waals surface area contributed by atoms with Crippen LogP contribution in [0.5, 0.6) is 0 Å². The first-order valence-electron chi connectivity index (χ1n) is 9.22. The van der Waals surface area contributed by atoms with E-state index in [1.54, 1.807) is 6.20 Å². The number of hydrogen-bond donors (Lipinski definition) is 1. The summed E-state index contributed by atoms with van der Waals surface area (Å²) in [6, 6.07) is 3.93. The van der Waals surface area contributed by atoms with Crippen LogP contribution in [0, 0.1) is 11.8 Å². The Hall–Kier alpha value is -0.970. The number of hydrogen-bond acceptors (Lipinski definition) is 4. The number of aromatic nitrogens is 1. The number of aliphatic hydroxyl groups is 1. The van der Waals surface area contributed by atoms with E-state index in [4.69, 9.17) is 4.74 Å². The topological polar surface area (TPSA) is 45.6 Å². The van der Waals surface area contributed by atoms with Gasteiger partial charge in [-0.2, -0.15) is 0 Å². The second kappa shape index (κ2) is 6.50. The van der Waals surface area contributed by atoms with Gasteiger partial charge in [0.2, 0.25) is 0 Å². The van der Waals surface area contributed by atoms with Crippen LogP contribution in [0.4, 0.5) is 0 Å². The maximum absolute atomic E-state index is 11.5. The predicted molar refractivity (Wildman–Crippen MR) is 89.0 cm³/mol. The van der Waals surface area contributed by atoms with Gasteiger partial charge in [-0.15, -0.1) is 0 Å². The third kappa shape index (κ3) is 3.04. The van der Waals surface area contributed by atoms with Crippen molar-refractivity contribution < 1.29 is 9.84 Å². The van der Waals surface area contributed by atoms with Gasteiger partial charge in [-0.25, -0.2) is 0 Å². The minimum atomic E-state index is -0.878. The van der Waals surface area contributed by atoms with Gasteiger partial charge in [-0.05, 0) is 56.7 Å². The van der Waals surface area contributed by atoms with Gasteiger partial charge in [0.05, 0.1) is 12.7 Å². The second-order valence-corrected chi connectivity index (χ2v) is 7.63. The molecule has 1 unspecified atom stereocenters. The van der Waals surface area contributed by atoms with Crippen molar-refractivity contribution >= 4 is 0 Å². The van der Waals surface area contributed by atoms with Crippen molar-refractivity contribution in [3.8, 4) is 0 Å². The zero-order chi connectivity index (χ0) is 15.7. The van der Waals surface area contributed by atoms with E-state index in [9.17, 15) is 5.11 Å². The molecule has 4 heteroatoms. The van der Waals surface area contributed by atoms with Crippen LogP contribution in [-0.4, -0.2) is 47.3 Å². The Balaban J connectivity index is 1.49. The van der Waals surface area contributed by atoms with Crippen molar-refractivity contribution in [2.45, 2.75) is 50.2 Å². The summed E-state index contributed by atoms with van der Waals surface area (Å²) in [6.45, 7) is 3.90. The average Bonchev–Trinajstić information content (AvgIpc) is 3.17. The van der Waals surface area contributed by atoms with Crippen molar-refractivity contribution in [3.05, 3.63) is 30.1 Å². The second-order valence-electron chi connectivity index (χ2n) is 7.63. The molecule has 1 aromatic heterocycles. The van der Waals surface area contributed by atoms with E-state index in [1.807, 2.05) is 18.3 Å². The van der Waals surface area contributed by atoms with Gasteiger partial charge in [0, 0.05) is 24.5 Å². The molecule has 23 heavy (non-hydrogen) atoms. The van der Waals surface area contributed by atoms with Crippen molar-refractivity contribution in [1.82, 2.24) is 9.88 Å². The van der Waals surface area contributed by atoms with Gasteiger partial charge in [-0.3, -0.25) is 4.98 Å². The third-order valence-corrected chi connectivity index (χ3v) is 6.31. The summed E-state index contributed by atoms with van der Waals surface area (Å²) in [5, 5.41) is 11.5.